The average Bonchev–Trinajstić information content (AvgIpc) is 2.85. The number of rotatable bonds is 5. The van der Waals surface area contributed by atoms with Gasteiger partial charge in [-0.05, 0) is 48.0 Å². The maximum atomic E-state index is 12.3. The molecular formula is C13H15BrN2O4S. The number of sulfonamides is 1. The molecule has 6 nitrogen and oxygen atoms in total. The first-order valence-electron chi connectivity index (χ1n) is 6.11. The van der Waals surface area contributed by atoms with Gasteiger partial charge in [-0.15, -0.1) is 0 Å². The lowest BCUT2D eigenvalue weighted by Gasteiger charge is -2.12. The number of oxazole rings is 1. The SMILES string of the molecule is COc1ccc(S(=O)(=O)NC(C)c2ncc(C)o2)cc1Br. The molecule has 21 heavy (non-hydrogen) atoms. The fraction of sp³-hybridized carbons (Fsp3) is 0.308. The maximum absolute atomic E-state index is 12.3. The lowest BCUT2D eigenvalue weighted by molar-refractivity contribution is 0.411. The van der Waals surface area contributed by atoms with Crippen LogP contribution in [0.25, 0.3) is 0 Å². The minimum Gasteiger partial charge on any atom is -0.496 e. The topological polar surface area (TPSA) is 81.4 Å². The van der Waals surface area contributed by atoms with E-state index in [0.717, 1.165) is 0 Å². The largest absolute Gasteiger partial charge is 0.496 e. The Kier molecular flexibility index (Phi) is 4.70. The molecule has 114 valence electrons. The van der Waals surface area contributed by atoms with Gasteiger partial charge < -0.3 is 9.15 Å². The van der Waals surface area contributed by atoms with Crippen molar-refractivity contribution in [2.45, 2.75) is 24.8 Å². The van der Waals surface area contributed by atoms with Crippen LogP contribution in [-0.2, 0) is 10.0 Å². The Morgan fingerprint density at radius 2 is 2.14 bits per heavy atom. The van der Waals surface area contributed by atoms with E-state index in [4.69, 9.17) is 9.15 Å². The van der Waals surface area contributed by atoms with E-state index in [-0.39, 0.29) is 4.90 Å². The summed E-state index contributed by atoms with van der Waals surface area (Å²) in [6, 6.07) is 3.97. The second kappa shape index (κ2) is 6.17. The van der Waals surface area contributed by atoms with E-state index in [1.54, 1.807) is 26.1 Å². The van der Waals surface area contributed by atoms with Gasteiger partial charge in [0.25, 0.3) is 0 Å². The molecule has 0 amide bonds. The highest BCUT2D eigenvalue weighted by molar-refractivity contribution is 9.10. The molecular weight excluding hydrogens is 360 g/mol. The van der Waals surface area contributed by atoms with Crippen LogP contribution in [0, 0.1) is 6.92 Å². The van der Waals surface area contributed by atoms with Crippen LogP contribution < -0.4 is 9.46 Å². The molecule has 0 fully saturated rings. The van der Waals surface area contributed by atoms with Crippen molar-refractivity contribution in [1.82, 2.24) is 9.71 Å². The Labute approximate surface area is 131 Å². The molecule has 0 saturated heterocycles. The lowest BCUT2D eigenvalue weighted by atomic mass is 10.3. The predicted molar refractivity (Wildman–Crippen MR) is 80.7 cm³/mol. The summed E-state index contributed by atoms with van der Waals surface area (Å²) in [4.78, 5) is 4.15. The Morgan fingerprint density at radius 3 is 2.67 bits per heavy atom. The highest BCUT2D eigenvalue weighted by Gasteiger charge is 2.22. The Hall–Kier alpha value is -1.38. The van der Waals surface area contributed by atoms with Crippen molar-refractivity contribution in [2.24, 2.45) is 0 Å². The number of ether oxygens (including phenoxy) is 1. The molecule has 2 aromatic rings. The van der Waals surface area contributed by atoms with E-state index >= 15 is 0 Å². The molecule has 0 radical (unpaired) electrons. The second-order valence-electron chi connectivity index (χ2n) is 4.45. The van der Waals surface area contributed by atoms with Gasteiger partial charge in [0.2, 0.25) is 15.9 Å². The number of aromatic nitrogens is 1. The van der Waals surface area contributed by atoms with E-state index in [9.17, 15) is 8.42 Å². The number of benzene rings is 1. The highest BCUT2D eigenvalue weighted by Crippen LogP contribution is 2.28. The monoisotopic (exact) mass is 374 g/mol. The normalized spacial score (nSPS) is 13.1. The van der Waals surface area contributed by atoms with Crippen molar-refractivity contribution in [3.8, 4) is 5.75 Å². The van der Waals surface area contributed by atoms with Crippen molar-refractivity contribution < 1.29 is 17.6 Å². The molecule has 0 aliphatic heterocycles. The summed E-state index contributed by atoms with van der Waals surface area (Å²) >= 11 is 3.27. The Bertz CT molecular complexity index is 742. The summed E-state index contributed by atoms with van der Waals surface area (Å²) in [6.07, 6.45) is 1.55. The number of methoxy groups -OCH3 is 1. The number of hydrogen-bond acceptors (Lipinski definition) is 5. The summed E-state index contributed by atoms with van der Waals surface area (Å²) in [5.41, 5.74) is 0. The van der Waals surface area contributed by atoms with E-state index in [1.165, 1.54) is 19.2 Å². The van der Waals surface area contributed by atoms with Crippen LogP contribution in [0.15, 0.2) is 38.2 Å². The lowest BCUT2D eigenvalue weighted by Crippen LogP contribution is -2.27. The molecule has 0 aliphatic rings. The van der Waals surface area contributed by atoms with Crippen LogP contribution in [0.3, 0.4) is 0 Å². The molecule has 1 heterocycles. The number of hydrogen-bond donors (Lipinski definition) is 1. The van der Waals surface area contributed by atoms with Crippen molar-refractivity contribution >= 4 is 26.0 Å². The fourth-order valence-corrected chi connectivity index (χ4v) is 3.65. The molecule has 1 unspecified atom stereocenters. The molecule has 1 aromatic heterocycles. The minimum atomic E-state index is -3.68. The van der Waals surface area contributed by atoms with Gasteiger partial charge in [0.1, 0.15) is 11.5 Å². The van der Waals surface area contributed by atoms with Gasteiger partial charge in [-0.25, -0.2) is 13.4 Å². The van der Waals surface area contributed by atoms with Crippen LogP contribution in [0.2, 0.25) is 0 Å². The molecule has 0 bridgehead atoms. The number of nitrogens with one attached hydrogen (secondary N) is 1. The average molecular weight is 375 g/mol. The Balaban J connectivity index is 2.24. The van der Waals surface area contributed by atoms with E-state index in [2.05, 4.69) is 25.6 Å². The number of nitrogens with zero attached hydrogens (tertiary/aromatic N) is 1. The zero-order valence-corrected chi connectivity index (χ0v) is 14.2. The van der Waals surface area contributed by atoms with Gasteiger partial charge in [0, 0.05) is 0 Å². The molecule has 0 aliphatic carbocycles. The summed E-state index contributed by atoms with van der Waals surface area (Å²) in [7, 11) is -2.17. The zero-order valence-electron chi connectivity index (χ0n) is 11.8. The molecule has 2 rings (SSSR count). The third-order valence-electron chi connectivity index (χ3n) is 2.78. The van der Waals surface area contributed by atoms with Crippen LogP contribution in [0.1, 0.15) is 24.6 Å². The third kappa shape index (κ3) is 3.63. The number of aryl methyl sites for hydroxylation is 1. The van der Waals surface area contributed by atoms with Crippen LogP contribution in [-0.4, -0.2) is 20.5 Å². The molecule has 0 saturated carbocycles. The Morgan fingerprint density at radius 1 is 1.43 bits per heavy atom. The van der Waals surface area contributed by atoms with E-state index in [0.29, 0.717) is 21.9 Å². The summed E-state index contributed by atoms with van der Waals surface area (Å²) in [5, 5.41) is 0. The van der Waals surface area contributed by atoms with Gasteiger partial charge >= 0.3 is 0 Å². The van der Waals surface area contributed by atoms with Crippen LogP contribution in [0.4, 0.5) is 0 Å². The second-order valence-corrected chi connectivity index (χ2v) is 7.02. The van der Waals surface area contributed by atoms with Crippen molar-refractivity contribution in [3.63, 3.8) is 0 Å². The van der Waals surface area contributed by atoms with Gasteiger partial charge in [0.05, 0.1) is 28.7 Å². The summed E-state index contributed by atoms with van der Waals surface area (Å²) in [6.45, 7) is 3.42. The minimum absolute atomic E-state index is 0.130. The van der Waals surface area contributed by atoms with Crippen molar-refractivity contribution in [2.75, 3.05) is 7.11 Å². The first-order valence-corrected chi connectivity index (χ1v) is 8.39. The van der Waals surface area contributed by atoms with Crippen molar-refractivity contribution in [3.05, 3.63) is 40.5 Å². The molecule has 1 atom stereocenters. The van der Waals surface area contributed by atoms with Crippen LogP contribution >= 0.6 is 15.9 Å². The van der Waals surface area contributed by atoms with Gasteiger partial charge in [-0.3, -0.25) is 0 Å². The smallest absolute Gasteiger partial charge is 0.241 e. The molecule has 8 heteroatoms. The third-order valence-corrected chi connectivity index (χ3v) is 4.93. The van der Waals surface area contributed by atoms with Crippen molar-refractivity contribution in [1.29, 1.82) is 0 Å². The first kappa shape index (κ1) is 16.0. The number of halogens is 1. The first-order chi connectivity index (χ1) is 9.83. The fourth-order valence-electron chi connectivity index (χ4n) is 1.74. The molecule has 0 spiro atoms. The zero-order chi connectivity index (χ0) is 15.6. The molecule has 1 N–H and O–H groups in total. The van der Waals surface area contributed by atoms with Gasteiger partial charge in [0.15, 0.2) is 0 Å². The summed E-state index contributed by atoms with van der Waals surface area (Å²) in [5.74, 6) is 1.51. The maximum Gasteiger partial charge on any atom is 0.241 e. The van der Waals surface area contributed by atoms with E-state index < -0.39 is 16.1 Å². The summed E-state index contributed by atoms with van der Waals surface area (Å²) < 4.78 is 38.1. The predicted octanol–water partition coefficient (Wildman–Crippen LogP) is 2.79. The van der Waals surface area contributed by atoms with Gasteiger partial charge in [-0.1, -0.05) is 0 Å². The quantitative estimate of drug-likeness (QED) is 0.869. The van der Waals surface area contributed by atoms with Crippen LogP contribution in [0.5, 0.6) is 5.75 Å². The molecule has 1 aromatic carbocycles. The van der Waals surface area contributed by atoms with Gasteiger partial charge in [-0.2, -0.15) is 4.72 Å². The standard InChI is InChI=1S/C13H15BrN2O4S/c1-8-7-15-13(20-8)9(2)16-21(17,18)10-4-5-12(19-3)11(14)6-10/h4-7,9,16H,1-3H3. The van der Waals surface area contributed by atoms with E-state index in [1.807, 2.05) is 0 Å². The highest BCUT2D eigenvalue weighted by atomic mass is 79.9.